The minimum Gasteiger partial charge on any atom is -0.0620 e. The first-order valence-corrected chi connectivity index (χ1v) is 2.71. The van der Waals surface area contributed by atoms with Crippen molar-refractivity contribution >= 4 is 0 Å². The third-order valence-electron chi connectivity index (χ3n) is 2.43. The maximum atomic E-state index is 7.52. The van der Waals surface area contributed by atoms with Crippen LogP contribution in [0, 0.1) is 17.7 Å². The maximum Gasteiger partial charge on any atom is 0.0306 e. The average Bonchev–Trinajstić information content (AvgIpc) is 1.26. The van der Waals surface area contributed by atoms with Gasteiger partial charge in [-0.15, -0.1) is 0 Å². The van der Waals surface area contributed by atoms with Crippen LogP contribution in [-0.4, -0.2) is 0 Å². The van der Waals surface area contributed by atoms with Gasteiger partial charge in [0.25, 0.3) is 0 Å². The zero-order valence-corrected chi connectivity index (χ0v) is 4.07. The largest absolute Gasteiger partial charge is 0.0620 e. The molecule has 34 valence electrons. The van der Waals surface area contributed by atoms with E-state index in [1.807, 2.05) is 0 Å². The van der Waals surface area contributed by atoms with E-state index in [4.69, 9.17) is 1.37 Å². The van der Waals surface area contributed by atoms with Gasteiger partial charge in [-0.3, -0.25) is 0 Å². The number of hydrogen-bond donors (Lipinski definition) is 0. The molecule has 0 aromatic rings. The van der Waals surface area contributed by atoms with Gasteiger partial charge in [0.15, 0.2) is 0 Å². The normalized spacial score (nSPS) is 77.2. The lowest BCUT2D eigenvalue weighted by Gasteiger charge is -2.56. The topological polar surface area (TPSA) is 0 Å². The van der Waals surface area contributed by atoms with Crippen molar-refractivity contribution in [2.75, 3.05) is 0 Å². The molecule has 3 fully saturated rings. The van der Waals surface area contributed by atoms with Gasteiger partial charge in [0.1, 0.15) is 0 Å². The lowest BCUT2D eigenvalue weighted by molar-refractivity contribution is -0.0673. The summed E-state index contributed by atoms with van der Waals surface area (Å²) >= 11 is 0. The molecule has 0 aliphatic heterocycles. The Labute approximate surface area is 40.0 Å². The van der Waals surface area contributed by atoms with Crippen LogP contribution in [0.5, 0.6) is 0 Å². The van der Waals surface area contributed by atoms with Gasteiger partial charge in [-0.2, -0.15) is 0 Å². The van der Waals surface area contributed by atoms with E-state index in [1.165, 1.54) is 12.8 Å². The van der Waals surface area contributed by atoms with Gasteiger partial charge in [0, 0.05) is 1.37 Å². The average molecular weight is 83.2 g/mol. The summed E-state index contributed by atoms with van der Waals surface area (Å²) in [5.74, 6) is 1.61. The van der Waals surface area contributed by atoms with Gasteiger partial charge in [-0.05, 0) is 30.6 Å². The van der Waals surface area contributed by atoms with Crippen molar-refractivity contribution in [1.82, 2.24) is 0 Å². The van der Waals surface area contributed by atoms with Crippen molar-refractivity contribution < 1.29 is 1.37 Å². The fourth-order valence-electron chi connectivity index (χ4n) is 1.37. The van der Waals surface area contributed by atoms with E-state index in [9.17, 15) is 0 Å². The van der Waals surface area contributed by atoms with Crippen LogP contribution in [0.15, 0.2) is 0 Å². The first-order valence-electron chi connectivity index (χ1n) is 3.21. The summed E-state index contributed by atoms with van der Waals surface area (Å²) in [6, 6.07) is 0. The second-order valence-electron chi connectivity index (χ2n) is 2.61. The van der Waals surface area contributed by atoms with Gasteiger partial charge in [0.05, 0.1) is 0 Å². The first-order chi connectivity index (χ1) is 3.21. The van der Waals surface area contributed by atoms with Crippen LogP contribution in [-0.2, 0) is 0 Å². The molecule has 0 unspecified atom stereocenters. The molecular formula is C6H10. The predicted molar refractivity (Wildman–Crippen MR) is 25.4 cm³/mol. The van der Waals surface area contributed by atoms with E-state index >= 15 is 0 Å². The summed E-state index contributed by atoms with van der Waals surface area (Å²) in [5.41, 5.74) is 0. The molecule has 0 heteroatoms. The van der Waals surface area contributed by atoms with Crippen LogP contribution in [0.25, 0.3) is 0 Å². The molecule has 0 spiro atoms. The van der Waals surface area contributed by atoms with Crippen molar-refractivity contribution in [2.45, 2.75) is 19.8 Å². The van der Waals surface area contributed by atoms with Crippen LogP contribution in [0.4, 0.5) is 0 Å². The van der Waals surface area contributed by atoms with E-state index in [0.717, 1.165) is 11.8 Å². The van der Waals surface area contributed by atoms with Crippen molar-refractivity contribution in [3.05, 3.63) is 0 Å². The molecule has 0 saturated heterocycles. The standard InChI is InChI=1S/C6H10/c1-4-5-2-6(4)3-5/h4-6H,2-3H2,1H3/i4D. The Hall–Kier alpha value is 0. The van der Waals surface area contributed by atoms with Crippen molar-refractivity contribution in [2.24, 2.45) is 17.7 Å². The molecule has 0 aromatic heterocycles. The third kappa shape index (κ3) is 0.141. The van der Waals surface area contributed by atoms with Gasteiger partial charge in [-0.1, -0.05) is 6.92 Å². The predicted octanol–water partition coefficient (Wildman–Crippen LogP) is 1.66. The van der Waals surface area contributed by atoms with Crippen LogP contribution in [0.1, 0.15) is 21.1 Å². The van der Waals surface area contributed by atoms with E-state index in [1.54, 1.807) is 0 Å². The van der Waals surface area contributed by atoms with E-state index in [2.05, 4.69) is 6.92 Å². The fraction of sp³-hybridized carbons (Fsp3) is 1.00. The second-order valence-corrected chi connectivity index (χ2v) is 2.61. The van der Waals surface area contributed by atoms with E-state index in [-0.39, 0.29) is 5.89 Å². The van der Waals surface area contributed by atoms with E-state index < -0.39 is 0 Å². The van der Waals surface area contributed by atoms with Crippen molar-refractivity contribution in [3.8, 4) is 0 Å². The highest BCUT2D eigenvalue weighted by molar-refractivity contribution is 4.98. The Balaban J connectivity index is 2.18. The highest BCUT2D eigenvalue weighted by Crippen LogP contribution is 2.57. The lowest BCUT2D eigenvalue weighted by atomic mass is 9.49. The molecule has 0 heterocycles. The number of hydrogen-bond acceptors (Lipinski definition) is 0. The second kappa shape index (κ2) is 0.661. The summed E-state index contributed by atoms with van der Waals surface area (Å²) in [6.07, 6.45) is 2.72. The zero-order valence-electron chi connectivity index (χ0n) is 5.07. The molecule has 3 rings (SSSR count). The van der Waals surface area contributed by atoms with Crippen LogP contribution < -0.4 is 0 Å². The van der Waals surface area contributed by atoms with Crippen LogP contribution in [0.3, 0.4) is 0 Å². The number of rotatable bonds is 0. The molecule has 6 heavy (non-hydrogen) atoms. The Kier molecular flexibility index (Phi) is 0.258. The van der Waals surface area contributed by atoms with Crippen molar-refractivity contribution in [1.29, 1.82) is 0 Å². The lowest BCUT2D eigenvalue weighted by Crippen LogP contribution is -2.48. The molecule has 0 amide bonds. The van der Waals surface area contributed by atoms with Gasteiger partial charge < -0.3 is 0 Å². The summed E-state index contributed by atoms with van der Waals surface area (Å²) < 4.78 is 7.52. The summed E-state index contributed by atoms with van der Waals surface area (Å²) in [4.78, 5) is 0. The zero-order chi connectivity index (χ0) is 5.07. The molecule has 3 aliphatic rings. The van der Waals surface area contributed by atoms with E-state index in [0.29, 0.717) is 0 Å². The Morgan fingerprint density at radius 1 is 1.50 bits per heavy atom. The minimum absolute atomic E-state index is 0.0278. The van der Waals surface area contributed by atoms with Crippen molar-refractivity contribution in [3.63, 3.8) is 0 Å². The monoisotopic (exact) mass is 83.1 g/mol. The smallest absolute Gasteiger partial charge is 0.0306 e. The van der Waals surface area contributed by atoms with Gasteiger partial charge in [-0.25, -0.2) is 0 Å². The summed E-state index contributed by atoms with van der Waals surface area (Å²) in [5, 5.41) is 0. The summed E-state index contributed by atoms with van der Waals surface area (Å²) in [6.45, 7) is 2.06. The maximum absolute atomic E-state index is 7.52. The first kappa shape index (κ1) is 2.34. The molecule has 0 aromatic carbocycles. The molecule has 2 bridgehead atoms. The molecule has 3 aliphatic carbocycles. The van der Waals surface area contributed by atoms with Gasteiger partial charge >= 0.3 is 0 Å². The molecule has 0 nitrogen and oxygen atoms in total. The molecule has 3 saturated carbocycles. The molecular weight excluding hydrogens is 72.1 g/mol. The Morgan fingerprint density at radius 2 is 1.83 bits per heavy atom. The Bertz CT molecular complexity index is 90.7. The van der Waals surface area contributed by atoms with Crippen LogP contribution in [0.2, 0.25) is 0 Å². The van der Waals surface area contributed by atoms with Gasteiger partial charge in [0.2, 0.25) is 0 Å². The molecule has 0 atom stereocenters. The highest BCUT2D eigenvalue weighted by Gasteiger charge is 2.48. The fourth-order valence-corrected chi connectivity index (χ4v) is 1.37. The molecule has 0 radical (unpaired) electrons. The summed E-state index contributed by atoms with van der Waals surface area (Å²) in [7, 11) is 0. The third-order valence-corrected chi connectivity index (χ3v) is 2.43. The Morgan fingerprint density at radius 3 is 1.83 bits per heavy atom. The SMILES string of the molecule is [2H]C1(C)C2CC1C2. The van der Waals surface area contributed by atoms with Crippen LogP contribution >= 0.6 is 0 Å². The quantitative estimate of drug-likeness (QED) is 0.418. The minimum atomic E-state index is 0.0278. The molecule has 0 N–H and O–H groups in total. The highest BCUT2D eigenvalue weighted by atomic mass is 14.5.